The number of rotatable bonds is 4. The number of thiazole rings is 1. The van der Waals surface area contributed by atoms with Crippen LogP contribution in [0.1, 0.15) is 53.7 Å². The molecule has 2 aromatic heterocycles. The average Bonchev–Trinajstić information content (AvgIpc) is 3.15. The molecule has 1 saturated carbocycles. The van der Waals surface area contributed by atoms with Gasteiger partial charge < -0.3 is 10.0 Å². The van der Waals surface area contributed by atoms with Gasteiger partial charge in [0.05, 0.1) is 17.9 Å². The minimum absolute atomic E-state index is 0.0210. The Bertz CT molecular complexity index is 769. The fourth-order valence-corrected chi connectivity index (χ4v) is 4.65. The Kier molecular flexibility index (Phi) is 4.84. The van der Waals surface area contributed by atoms with Crippen LogP contribution in [0, 0.1) is 5.92 Å². The Morgan fingerprint density at radius 2 is 2.24 bits per heavy atom. The number of aliphatic hydroxyl groups is 1. The molecule has 1 amide bonds. The van der Waals surface area contributed by atoms with Crippen molar-refractivity contribution >= 4 is 29.0 Å². The van der Waals surface area contributed by atoms with Crippen molar-refractivity contribution in [2.24, 2.45) is 5.92 Å². The van der Waals surface area contributed by atoms with Crippen molar-refractivity contribution in [1.82, 2.24) is 19.7 Å². The van der Waals surface area contributed by atoms with Crippen LogP contribution < -0.4 is 0 Å². The van der Waals surface area contributed by atoms with Crippen LogP contribution in [0.4, 0.5) is 0 Å². The van der Waals surface area contributed by atoms with Crippen molar-refractivity contribution < 1.29 is 9.90 Å². The van der Waals surface area contributed by atoms with E-state index in [9.17, 15) is 9.90 Å². The maximum atomic E-state index is 12.8. The van der Waals surface area contributed by atoms with Gasteiger partial charge in [0.15, 0.2) is 0 Å². The number of aliphatic hydroxyl groups excluding tert-OH is 1. The summed E-state index contributed by atoms with van der Waals surface area (Å²) in [5.41, 5.74) is 2.28. The molecule has 3 heterocycles. The van der Waals surface area contributed by atoms with Crippen molar-refractivity contribution in [2.45, 2.75) is 49.2 Å². The minimum Gasteiger partial charge on any atom is -0.386 e. The molecular formula is C17H22N4O2S2. The molecule has 1 aliphatic carbocycles. The second kappa shape index (κ2) is 7.09. The number of carbonyl (C=O) groups is 1. The molecule has 1 aliphatic heterocycles. The van der Waals surface area contributed by atoms with Gasteiger partial charge in [0.2, 0.25) is 0 Å². The van der Waals surface area contributed by atoms with Crippen molar-refractivity contribution in [3.05, 3.63) is 28.5 Å². The summed E-state index contributed by atoms with van der Waals surface area (Å²) in [5, 5.41) is 16.9. The summed E-state index contributed by atoms with van der Waals surface area (Å²) in [4.78, 5) is 19.0. The molecule has 6 nitrogen and oxygen atoms in total. The second-order valence-corrected chi connectivity index (χ2v) is 8.61. The Morgan fingerprint density at radius 1 is 1.40 bits per heavy atom. The average molecular weight is 379 g/mol. The standard InChI is InChI=1S/C17H22N4O2S2/c1-24-17-18-14(10-25-17)16(23)20-6-3-7-21-12(9-20)8-13(19-21)15(22)11-4-2-5-11/h8,10-11,15,22H,2-7,9H2,1H3/t15-/m1/s1. The fourth-order valence-electron chi connectivity index (χ4n) is 3.41. The van der Waals surface area contributed by atoms with Crippen molar-refractivity contribution in [3.8, 4) is 0 Å². The number of amides is 1. The van der Waals surface area contributed by atoms with Crippen molar-refractivity contribution in [1.29, 1.82) is 0 Å². The van der Waals surface area contributed by atoms with E-state index in [1.165, 1.54) is 17.8 Å². The van der Waals surface area contributed by atoms with Gasteiger partial charge in [-0.15, -0.1) is 11.3 Å². The van der Waals surface area contributed by atoms with Crippen LogP contribution in [-0.2, 0) is 13.1 Å². The molecule has 1 atom stereocenters. The fraction of sp³-hybridized carbons (Fsp3) is 0.588. The highest BCUT2D eigenvalue weighted by atomic mass is 32.2. The van der Waals surface area contributed by atoms with E-state index in [-0.39, 0.29) is 5.91 Å². The quantitative estimate of drug-likeness (QED) is 0.828. The first kappa shape index (κ1) is 17.1. The van der Waals surface area contributed by atoms with Crippen LogP contribution in [0.2, 0.25) is 0 Å². The zero-order chi connectivity index (χ0) is 17.4. The smallest absolute Gasteiger partial charge is 0.273 e. The summed E-state index contributed by atoms with van der Waals surface area (Å²) < 4.78 is 2.87. The molecule has 4 rings (SSSR count). The highest BCUT2D eigenvalue weighted by Crippen LogP contribution is 2.37. The van der Waals surface area contributed by atoms with Gasteiger partial charge in [-0.1, -0.05) is 18.2 Å². The summed E-state index contributed by atoms with van der Waals surface area (Å²) in [6, 6.07) is 1.98. The lowest BCUT2D eigenvalue weighted by atomic mass is 9.80. The van der Waals surface area contributed by atoms with Crippen LogP contribution in [-0.4, -0.2) is 43.5 Å². The van der Waals surface area contributed by atoms with Crippen LogP contribution in [0.5, 0.6) is 0 Å². The molecule has 0 spiro atoms. The molecule has 25 heavy (non-hydrogen) atoms. The van der Waals surface area contributed by atoms with Crippen LogP contribution >= 0.6 is 23.1 Å². The number of nitrogens with zero attached hydrogens (tertiary/aromatic N) is 4. The number of thioether (sulfide) groups is 1. The molecule has 0 bridgehead atoms. The highest BCUT2D eigenvalue weighted by molar-refractivity contribution is 8.00. The number of carbonyl (C=O) groups excluding carboxylic acids is 1. The first-order valence-corrected chi connectivity index (χ1v) is 10.8. The molecule has 2 aliphatic rings. The van der Waals surface area contributed by atoms with E-state index in [1.54, 1.807) is 11.8 Å². The van der Waals surface area contributed by atoms with Crippen molar-refractivity contribution in [3.63, 3.8) is 0 Å². The van der Waals surface area contributed by atoms with Gasteiger partial charge in [0.25, 0.3) is 5.91 Å². The van der Waals surface area contributed by atoms with Gasteiger partial charge >= 0.3 is 0 Å². The Balaban J connectivity index is 1.52. The summed E-state index contributed by atoms with van der Waals surface area (Å²) >= 11 is 3.06. The molecule has 2 aromatic rings. The third kappa shape index (κ3) is 3.35. The van der Waals surface area contributed by atoms with E-state index in [0.717, 1.165) is 41.5 Å². The summed E-state index contributed by atoms with van der Waals surface area (Å²) in [7, 11) is 0. The maximum Gasteiger partial charge on any atom is 0.273 e. The van der Waals surface area contributed by atoms with Crippen LogP contribution in [0.3, 0.4) is 0 Å². The highest BCUT2D eigenvalue weighted by Gasteiger charge is 2.30. The molecule has 1 N–H and O–H groups in total. The first-order valence-electron chi connectivity index (χ1n) is 8.69. The predicted octanol–water partition coefficient (Wildman–Crippen LogP) is 2.94. The number of hydrogen-bond donors (Lipinski definition) is 1. The van der Waals surface area contributed by atoms with Crippen LogP contribution in [0.25, 0.3) is 0 Å². The van der Waals surface area contributed by atoms with E-state index in [0.29, 0.717) is 24.7 Å². The van der Waals surface area contributed by atoms with Crippen LogP contribution in [0.15, 0.2) is 15.8 Å². The Morgan fingerprint density at radius 3 is 2.92 bits per heavy atom. The first-order chi connectivity index (χ1) is 12.2. The number of hydrogen-bond acceptors (Lipinski definition) is 6. The van der Waals surface area contributed by atoms with E-state index < -0.39 is 6.10 Å². The van der Waals surface area contributed by atoms with Gasteiger partial charge in [-0.3, -0.25) is 9.48 Å². The lowest BCUT2D eigenvalue weighted by Crippen LogP contribution is -2.31. The lowest BCUT2D eigenvalue weighted by molar-refractivity contribution is 0.0580. The maximum absolute atomic E-state index is 12.8. The van der Waals surface area contributed by atoms with E-state index in [1.807, 2.05) is 27.3 Å². The van der Waals surface area contributed by atoms with E-state index in [4.69, 9.17) is 0 Å². The number of aryl methyl sites for hydroxylation is 1. The normalized spacial score (nSPS) is 19.2. The molecular weight excluding hydrogens is 356 g/mol. The zero-order valence-corrected chi connectivity index (χ0v) is 15.9. The zero-order valence-electron chi connectivity index (χ0n) is 14.2. The SMILES string of the molecule is CSc1nc(C(=O)N2CCCn3nc([C@H](O)C4CCC4)cc3C2)cs1. The van der Waals surface area contributed by atoms with Gasteiger partial charge in [0.1, 0.15) is 16.1 Å². The second-order valence-electron chi connectivity index (χ2n) is 6.70. The molecule has 8 heteroatoms. The third-order valence-electron chi connectivity index (χ3n) is 5.10. The summed E-state index contributed by atoms with van der Waals surface area (Å²) in [6.07, 6.45) is 5.71. The molecule has 0 aromatic carbocycles. The molecule has 0 unspecified atom stereocenters. The topological polar surface area (TPSA) is 71.2 Å². The minimum atomic E-state index is -0.472. The third-order valence-corrected chi connectivity index (χ3v) is 6.96. The number of fused-ring (bicyclic) bond motifs is 1. The Hall–Kier alpha value is -1.38. The van der Waals surface area contributed by atoms with Gasteiger partial charge in [-0.2, -0.15) is 5.10 Å². The van der Waals surface area contributed by atoms with E-state index >= 15 is 0 Å². The molecule has 1 fully saturated rings. The molecule has 134 valence electrons. The van der Waals surface area contributed by atoms with E-state index in [2.05, 4.69) is 10.1 Å². The Labute approximate surface area is 155 Å². The molecule has 0 saturated heterocycles. The summed E-state index contributed by atoms with van der Waals surface area (Å²) in [5.74, 6) is 0.323. The molecule has 0 radical (unpaired) electrons. The van der Waals surface area contributed by atoms with Gasteiger partial charge in [0, 0.05) is 18.5 Å². The largest absolute Gasteiger partial charge is 0.386 e. The van der Waals surface area contributed by atoms with Gasteiger partial charge in [-0.05, 0) is 37.5 Å². The predicted molar refractivity (Wildman–Crippen MR) is 97.8 cm³/mol. The number of aromatic nitrogens is 3. The van der Waals surface area contributed by atoms with Crippen molar-refractivity contribution in [2.75, 3.05) is 12.8 Å². The monoisotopic (exact) mass is 378 g/mol. The lowest BCUT2D eigenvalue weighted by Gasteiger charge is -2.29. The summed E-state index contributed by atoms with van der Waals surface area (Å²) in [6.45, 7) is 2.01. The van der Waals surface area contributed by atoms with Gasteiger partial charge in [-0.25, -0.2) is 4.98 Å².